The van der Waals surface area contributed by atoms with Crippen LogP contribution < -0.4 is 5.43 Å². The number of carbonyl (C=O) groups is 2. The molecule has 3 aromatic rings. The number of carbonyl (C=O) groups excluding carboxylic acids is 2. The summed E-state index contributed by atoms with van der Waals surface area (Å²) in [5.41, 5.74) is 3.12. The lowest BCUT2D eigenvalue weighted by molar-refractivity contribution is -0.135. The second kappa shape index (κ2) is 8.10. The topological polar surface area (TPSA) is 81.5 Å². The van der Waals surface area contributed by atoms with Crippen LogP contribution in [0.5, 0.6) is 0 Å². The van der Waals surface area contributed by atoms with Crippen LogP contribution in [0.25, 0.3) is 11.0 Å². The van der Waals surface area contributed by atoms with Crippen molar-refractivity contribution in [1.82, 2.24) is 14.5 Å². The SMILES string of the molecule is CCn1cc(C(=O)OCC(=O)N2CCc3ccccc3C2)c(=O)c2ccc(C)nc21. The molecule has 30 heavy (non-hydrogen) atoms. The summed E-state index contributed by atoms with van der Waals surface area (Å²) in [6, 6.07) is 11.4. The molecule has 0 saturated heterocycles. The van der Waals surface area contributed by atoms with Gasteiger partial charge in [0.25, 0.3) is 5.91 Å². The first kappa shape index (κ1) is 19.8. The number of benzene rings is 1. The molecular formula is C23H23N3O4. The molecular weight excluding hydrogens is 382 g/mol. The van der Waals surface area contributed by atoms with E-state index in [1.807, 2.05) is 32.0 Å². The van der Waals surface area contributed by atoms with E-state index in [9.17, 15) is 14.4 Å². The van der Waals surface area contributed by atoms with E-state index in [4.69, 9.17) is 4.74 Å². The zero-order valence-corrected chi connectivity index (χ0v) is 17.1. The highest BCUT2D eigenvalue weighted by Crippen LogP contribution is 2.18. The number of nitrogens with zero attached hydrogens (tertiary/aromatic N) is 3. The van der Waals surface area contributed by atoms with Crippen molar-refractivity contribution in [3.8, 4) is 0 Å². The van der Waals surface area contributed by atoms with Gasteiger partial charge >= 0.3 is 5.97 Å². The summed E-state index contributed by atoms with van der Waals surface area (Å²) in [5.74, 6) is -1.07. The van der Waals surface area contributed by atoms with Crippen molar-refractivity contribution >= 4 is 22.9 Å². The highest BCUT2D eigenvalue weighted by molar-refractivity contribution is 5.94. The quantitative estimate of drug-likeness (QED) is 0.623. The first-order valence-electron chi connectivity index (χ1n) is 10.0. The molecule has 7 nitrogen and oxygen atoms in total. The molecule has 1 aromatic carbocycles. The number of hydrogen-bond donors (Lipinski definition) is 0. The van der Waals surface area contributed by atoms with Crippen LogP contribution in [0.3, 0.4) is 0 Å². The fourth-order valence-electron chi connectivity index (χ4n) is 3.75. The molecule has 154 valence electrons. The van der Waals surface area contributed by atoms with Crippen molar-refractivity contribution in [2.45, 2.75) is 33.4 Å². The summed E-state index contributed by atoms with van der Waals surface area (Å²) in [7, 11) is 0. The van der Waals surface area contributed by atoms with Gasteiger partial charge in [0.2, 0.25) is 5.43 Å². The Morgan fingerprint density at radius 3 is 2.67 bits per heavy atom. The van der Waals surface area contributed by atoms with Crippen LogP contribution in [-0.2, 0) is 29.0 Å². The number of amides is 1. The van der Waals surface area contributed by atoms with Crippen LogP contribution in [-0.4, -0.2) is 39.5 Å². The molecule has 2 aromatic heterocycles. The van der Waals surface area contributed by atoms with Crippen molar-refractivity contribution in [2.75, 3.05) is 13.2 Å². The summed E-state index contributed by atoms with van der Waals surface area (Å²) in [6.07, 6.45) is 2.23. The van der Waals surface area contributed by atoms with Gasteiger partial charge in [-0.1, -0.05) is 24.3 Å². The van der Waals surface area contributed by atoms with E-state index >= 15 is 0 Å². The summed E-state index contributed by atoms with van der Waals surface area (Å²) in [6.45, 7) is 4.97. The van der Waals surface area contributed by atoms with Crippen LogP contribution in [0, 0.1) is 6.92 Å². The Kier molecular flexibility index (Phi) is 5.35. The molecule has 4 rings (SSSR count). The Labute approximate surface area is 173 Å². The van der Waals surface area contributed by atoms with Gasteiger partial charge in [0, 0.05) is 31.5 Å². The number of pyridine rings is 2. The minimum atomic E-state index is -0.796. The minimum absolute atomic E-state index is 0.0909. The monoisotopic (exact) mass is 405 g/mol. The van der Waals surface area contributed by atoms with Crippen LogP contribution in [0.4, 0.5) is 0 Å². The van der Waals surface area contributed by atoms with Crippen molar-refractivity contribution < 1.29 is 14.3 Å². The molecule has 0 saturated carbocycles. The first-order valence-corrected chi connectivity index (χ1v) is 10.0. The van der Waals surface area contributed by atoms with Crippen molar-refractivity contribution in [2.24, 2.45) is 0 Å². The maximum absolute atomic E-state index is 12.8. The van der Waals surface area contributed by atoms with E-state index in [0.29, 0.717) is 30.7 Å². The Balaban J connectivity index is 1.50. The van der Waals surface area contributed by atoms with E-state index in [-0.39, 0.29) is 11.5 Å². The highest BCUT2D eigenvalue weighted by Gasteiger charge is 2.23. The Morgan fingerprint density at radius 2 is 1.90 bits per heavy atom. The third-order valence-electron chi connectivity index (χ3n) is 5.43. The van der Waals surface area contributed by atoms with E-state index in [0.717, 1.165) is 17.7 Å². The van der Waals surface area contributed by atoms with Gasteiger partial charge in [0.1, 0.15) is 11.2 Å². The summed E-state index contributed by atoms with van der Waals surface area (Å²) >= 11 is 0. The largest absolute Gasteiger partial charge is 0.452 e. The molecule has 3 heterocycles. The highest BCUT2D eigenvalue weighted by atomic mass is 16.5. The fourth-order valence-corrected chi connectivity index (χ4v) is 3.75. The summed E-state index contributed by atoms with van der Waals surface area (Å²) in [4.78, 5) is 44.0. The zero-order valence-electron chi connectivity index (χ0n) is 17.1. The number of aryl methyl sites for hydroxylation is 2. The lowest BCUT2D eigenvalue weighted by Crippen LogP contribution is -2.38. The molecule has 0 radical (unpaired) electrons. The number of aromatic nitrogens is 2. The Hall–Kier alpha value is -3.48. The van der Waals surface area contributed by atoms with Gasteiger partial charge in [-0.3, -0.25) is 9.59 Å². The zero-order chi connectivity index (χ0) is 21.3. The first-order chi connectivity index (χ1) is 14.5. The standard InChI is InChI=1S/C23H23N3O4/c1-3-25-13-19(21(28)18-9-8-15(2)24-22(18)25)23(29)30-14-20(27)26-11-10-16-6-4-5-7-17(16)12-26/h4-9,13H,3,10-12,14H2,1-2H3. The lowest BCUT2D eigenvalue weighted by Gasteiger charge is -2.28. The number of ether oxygens (including phenoxy) is 1. The number of esters is 1. The molecule has 0 aliphatic carbocycles. The van der Waals surface area contributed by atoms with Crippen LogP contribution in [0.2, 0.25) is 0 Å². The van der Waals surface area contributed by atoms with Crippen molar-refractivity contribution in [3.63, 3.8) is 0 Å². The molecule has 1 amide bonds. The van der Waals surface area contributed by atoms with Crippen molar-refractivity contribution in [3.05, 3.63) is 75.2 Å². The van der Waals surface area contributed by atoms with Gasteiger partial charge < -0.3 is 14.2 Å². The van der Waals surface area contributed by atoms with Crippen LogP contribution >= 0.6 is 0 Å². The normalized spacial score (nSPS) is 13.2. The van der Waals surface area contributed by atoms with Gasteiger partial charge in [-0.25, -0.2) is 9.78 Å². The predicted molar refractivity (Wildman–Crippen MR) is 112 cm³/mol. The molecule has 0 fully saturated rings. The van der Waals surface area contributed by atoms with E-state index in [1.165, 1.54) is 11.8 Å². The van der Waals surface area contributed by atoms with Gasteiger partial charge in [0.05, 0.1) is 5.39 Å². The summed E-state index contributed by atoms with van der Waals surface area (Å²) in [5, 5.41) is 0.357. The molecule has 0 N–H and O–H groups in total. The minimum Gasteiger partial charge on any atom is -0.452 e. The van der Waals surface area contributed by atoms with Gasteiger partial charge in [0.15, 0.2) is 6.61 Å². The molecule has 1 aliphatic rings. The maximum atomic E-state index is 12.8. The van der Waals surface area contributed by atoms with Crippen molar-refractivity contribution in [1.29, 1.82) is 0 Å². The molecule has 0 unspecified atom stereocenters. The third-order valence-corrected chi connectivity index (χ3v) is 5.43. The predicted octanol–water partition coefficient (Wildman–Crippen LogP) is 2.47. The second-order valence-electron chi connectivity index (χ2n) is 7.39. The van der Waals surface area contributed by atoms with Gasteiger partial charge in [-0.2, -0.15) is 0 Å². The lowest BCUT2D eigenvalue weighted by atomic mass is 10.00. The average Bonchev–Trinajstić information content (AvgIpc) is 2.77. The van der Waals surface area contributed by atoms with Crippen LogP contribution in [0.15, 0.2) is 47.4 Å². The molecule has 0 spiro atoms. The van der Waals surface area contributed by atoms with E-state index < -0.39 is 18.0 Å². The van der Waals surface area contributed by atoms with E-state index in [2.05, 4.69) is 11.1 Å². The molecule has 7 heteroatoms. The number of rotatable bonds is 4. The third kappa shape index (κ3) is 3.70. The average molecular weight is 405 g/mol. The van der Waals surface area contributed by atoms with Crippen LogP contribution in [0.1, 0.15) is 34.1 Å². The maximum Gasteiger partial charge on any atom is 0.344 e. The number of fused-ring (bicyclic) bond motifs is 2. The molecule has 0 atom stereocenters. The second-order valence-corrected chi connectivity index (χ2v) is 7.39. The van der Waals surface area contributed by atoms with E-state index in [1.54, 1.807) is 21.6 Å². The molecule has 0 bridgehead atoms. The fraction of sp³-hybridized carbons (Fsp3) is 0.304. The van der Waals surface area contributed by atoms with Gasteiger partial charge in [-0.15, -0.1) is 0 Å². The molecule has 1 aliphatic heterocycles. The smallest absolute Gasteiger partial charge is 0.344 e. The van der Waals surface area contributed by atoms with Gasteiger partial charge in [-0.05, 0) is 43.5 Å². The Bertz CT molecular complexity index is 1200. The Morgan fingerprint density at radius 1 is 1.13 bits per heavy atom. The number of hydrogen-bond acceptors (Lipinski definition) is 5. The summed E-state index contributed by atoms with van der Waals surface area (Å²) < 4.78 is 6.96.